The summed E-state index contributed by atoms with van der Waals surface area (Å²) in [4.78, 5) is 24.6. The average Bonchev–Trinajstić information content (AvgIpc) is 3.37. The first-order valence-electron chi connectivity index (χ1n) is 32.7. The van der Waals surface area contributed by atoms with Crippen molar-refractivity contribution in [1.29, 1.82) is 0 Å². The number of aliphatic hydroxyl groups is 1. The molecule has 0 aromatic rings. The third-order valence-electron chi connectivity index (χ3n) is 15.3. The lowest BCUT2D eigenvalue weighted by atomic mass is 10.0. The topological polar surface area (TPSA) is 72.8 Å². The van der Waals surface area contributed by atoms with Crippen molar-refractivity contribution in [1.82, 2.24) is 0 Å². The first kappa shape index (κ1) is 69.6. The number of esters is 2. The van der Waals surface area contributed by atoms with Gasteiger partial charge < -0.3 is 14.6 Å². The van der Waals surface area contributed by atoms with Crippen LogP contribution in [0.15, 0.2) is 12.2 Å². The van der Waals surface area contributed by atoms with E-state index in [1.807, 2.05) is 0 Å². The van der Waals surface area contributed by atoms with Gasteiger partial charge in [-0.2, -0.15) is 0 Å². The fraction of sp³-hybridized carbons (Fsp3) is 0.939. The molecule has 0 amide bonds. The summed E-state index contributed by atoms with van der Waals surface area (Å²) in [6.07, 6.45) is 79.5. The Labute approximate surface area is 445 Å². The third kappa shape index (κ3) is 61.1. The Kier molecular flexibility index (Phi) is 61.7. The zero-order chi connectivity index (χ0) is 51.3. The molecule has 0 aliphatic rings. The molecule has 5 heteroatoms. The van der Waals surface area contributed by atoms with Crippen molar-refractivity contribution in [3.63, 3.8) is 0 Å². The molecule has 422 valence electrons. The van der Waals surface area contributed by atoms with Gasteiger partial charge in [-0.3, -0.25) is 9.59 Å². The van der Waals surface area contributed by atoms with Crippen LogP contribution in [0.1, 0.15) is 380 Å². The minimum Gasteiger partial charge on any atom is -0.462 e. The van der Waals surface area contributed by atoms with Gasteiger partial charge in [-0.05, 0) is 38.5 Å². The van der Waals surface area contributed by atoms with Crippen molar-refractivity contribution in [2.24, 2.45) is 0 Å². The first-order valence-corrected chi connectivity index (χ1v) is 32.7. The number of carbonyl (C=O) groups is 2. The Balaban J connectivity index is 3.36. The summed E-state index contributed by atoms with van der Waals surface area (Å²) < 4.78 is 10.7. The van der Waals surface area contributed by atoms with E-state index in [0.717, 1.165) is 32.1 Å². The molecule has 0 bridgehead atoms. The normalized spacial score (nSPS) is 12.1. The summed E-state index contributed by atoms with van der Waals surface area (Å²) in [5.74, 6) is -0.562. The van der Waals surface area contributed by atoms with Gasteiger partial charge in [0.1, 0.15) is 6.61 Å². The maximum atomic E-state index is 12.3. The molecular weight excluding hydrogens is 873 g/mol. The van der Waals surface area contributed by atoms with E-state index < -0.39 is 6.10 Å². The molecule has 0 rings (SSSR count). The summed E-state index contributed by atoms with van der Waals surface area (Å²) in [5, 5.41) is 9.68. The second-order valence-electron chi connectivity index (χ2n) is 22.6. The first-order chi connectivity index (χ1) is 35.1. The van der Waals surface area contributed by atoms with Crippen LogP contribution in [-0.4, -0.2) is 36.4 Å². The second kappa shape index (κ2) is 62.9. The van der Waals surface area contributed by atoms with Gasteiger partial charge in [0, 0.05) is 12.8 Å². The Hall–Kier alpha value is -1.36. The van der Waals surface area contributed by atoms with E-state index in [1.165, 1.54) is 321 Å². The molecule has 0 fully saturated rings. The van der Waals surface area contributed by atoms with E-state index in [-0.39, 0.29) is 25.2 Å². The second-order valence-corrected chi connectivity index (χ2v) is 22.6. The molecule has 1 N–H and O–H groups in total. The van der Waals surface area contributed by atoms with Gasteiger partial charge in [0.25, 0.3) is 0 Å². The van der Waals surface area contributed by atoms with E-state index in [1.54, 1.807) is 0 Å². The van der Waals surface area contributed by atoms with E-state index in [4.69, 9.17) is 9.47 Å². The number of aliphatic hydroxyl groups excluding tert-OH is 1. The molecule has 0 aliphatic heterocycles. The van der Waals surface area contributed by atoms with Gasteiger partial charge in [-0.1, -0.05) is 341 Å². The summed E-state index contributed by atoms with van der Waals surface area (Å²) >= 11 is 0. The molecule has 0 saturated heterocycles. The van der Waals surface area contributed by atoms with Crippen molar-refractivity contribution in [2.45, 2.75) is 386 Å². The van der Waals surface area contributed by atoms with Crippen molar-refractivity contribution in [3.8, 4) is 0 Å². The van der Waals surface area contributed by atoms with E-state index >= 15 is 0 Å². The Morgan fingerprint density at radius 2 is 0.521 bits per heavy atom. The van der Waals surface area contributed by atoms with Crippen LogP contribution in [0.5, 0.6) is 0 Å². The minimum absolute atomic E-state index is 0.0565. The molecule has 1 unspecified atom stereocenters. The lowest BCUT2D eigenvalue weighted by Gasteiger charge is -2.15. The zero-order valence-electron chi connectivity index (χ0n) is 48.5. The molecule has 1 atom stereocenters. The van der Waals surface area contributed by atoms with Gasteiger partial charge in [0.15, 0.2) is 6.10 Å². The summed E-state index contributed by atoms with van der Waals surface area (Å²) in [6, 6.07) is 0. The van der Waals surface area contributed by atoms with Crippen molar-refractivity contribution in [2.75, 3.05) is 13.2 Å². The predicted molar refractivity (Wildman–Crippen MR) is 312 cm³/mol. The smallest absolute Gasteiger partial charge is 0.306 e. The number of hydrogen-bond donors (Lipinski definition) is 1. The van der Waals surface area contributed by atoms with Crippen LogP contribution in [0.4, 0.5) is 0 Å². The molecule has 71 heavy (non-hydrogen) atoms. The highest BCUT2D eigenvalue weighted by molar-refractivity contribution is 5.70. The summed E-state index contributed by atoms with van der Waals surface area (Å²) in [5.41, 5.74) is 0. The molecular formula is C66H128O5. The highest BCUT2D eigenvalue weighted by Crippen LogP contribution is 2.19. The molecule has 0 aliphatic carbocycles. The van der Waals surface area contributed by atoms with Crippen LogP contribution >= 0.6 is 0 Å². The van der Waals surface area contributed by atoms with Gasteiger partial charge in [0.05, 0.1) is 6.61 Å². The highest BCUT2D eigenvalue weighted by atomic mass is 16.6. The van der Waals surface area contributed by atoms with Gasteiger partial charge in [-0.25, -0.2) is 0 Å². The van der Waals surface area contributed by atoms with Crippen LogP contribution in [0.25, 0.3) is 0 Å². The van der Waals surface area contributed by atoms with Gasteiger partial charge in [0.2, 0.25) is 0 Å². The lowest BCUT2D eigenvalue weighted by Crippen LogP contribution is -2.28. The molecule has 0 radical (unpaired) electrons. The van der Waals surface area contributed by atoms with Crippen molar-refractivity contribution in [3.05, 3.63) is 12.2 Å². The molecule has 0 heterocycles. The predicted octanol–water partition coefficient (Wildman–Crippen LogP) is 22.3. The van der Waals surface area contributed by atoms with Gasteiger partial charge in [-0.15, -0.1) is 0 Å². The maximum Gasteiger partial charge on any atom is 0.306 e. The number of allylic oxidation sites excluding steroid dienone is 2. The van der Waals surface area contributed by atoms with Crippen LogP contribution in [0, 0.1) is 0 Å². The number of hydrogen-bond acceptors (Lipinski definition) is 5. The largest absolute Gasteiger partial charge is 0.462 e. The van der Waals surface area contributed by atoms with Crippen molar-refractivity contribution >= 4 is 11.9 Å². The Morgan fingerprint density at radius 3 is 0.761 bits per heavy atom. The van der Waals surface area contributed by atoms with E-state index in [2.05, 4.69) is 26.0 Å². The molecule has 0 spiro atoms. The molecule has 0 aromatic heterocycles. The molecule has 5 nitrogen and oxygen atoms in total. The molecule has 0 saturated carbocycles. The number of ether oxygens (including phenoxy) is 2. The quantitative estimate of drug-likeness (QED) is 0.0373. The highest BCUT2D eigenvalue weighted by Gasteiger charge is 2.16. The number of unbranched alkanes of at least 4 members (excludes halogenated alkanes) is 52. The van der Waals surface area contributed by atoms with E-state index in [9.17, 15) is 14.7 Å². The SMILES string of the molecule is CCCCCCCCCC/C=C\CCCCCCCCCCCCCCCCCCCCCCCCCC(=O)OC(CO)COC(=O)CCCCCCCCCCCCCCCCCCCCCCCC. The minimum atomic E-state index is -0.766. The van der Waals surface area contributed by atoms with Crippen molar-refractivity contribution < 1.29 is 24.2 Å². The van der Waals surface area contributed by atoms with E-state index in [0.29, 0.717) is 12.8 Å². The Morgan fingerprint density at radius 1 is 0.310 bits per heavy atom. The fourth-order valence-corrected chi connectivity index (χ4v) is 10.4. The third-order valence-corrected chi connectivity index (χ3v) is 15.3. The average molecular weight is 1000 g/mol. The van der Waals surface area contributed by atoms with Crippen LogP contribution in [0.2, 0.25) is 0 Å². The van der Waals surface area contributed by atoms with Crippen LogP contribution in [0.3, 0.4) is 0 Å². The zero-order valence-corrected chi connectivity index (χ0v) is 48.5. The molecule has 0 aromatic carbocycles. The maximum absolute atomic E-state index is 12.3. The lowest BCUT2D eigenvalue weighted by molar-refractivity contribution is -0.161. The van der Waals surface area contributed by atoms with Crippen LogP contribution in [-0.2, 0) is 19.1 Å². The standard InChI is InChI=1S/C66H128O5/c1-3-5-7-9-11-13-15-17-19-21-23-25-27-28-29-30-31-32-33-34-35-36-37-38-39-41-43-45-47-49-51-53-55-57-59-61-66(69)71-64(62-67)63-70-65(68)60-58-56-54-52-50-48-46-44-42-40-26-24-22-20-18-16-14-12-10-8-6-4-2/h21,23,64,67H,3-20,22,24-63H2,1-2H3/b23-21-. The fourth-order valence-electron chi connectivity index (χ4n) is 10.4. The number of carbonyl (C=O) groups excluding carboxylic acids is 2. The Bertz CT molecular complexity index is 1040. The summed E-state index contributed by atoms with van der Waals surface area (Å²) in [7, 11) is 0. The number of rotatable bonds is 62. The van der Waals surface area contributed by atoms with Gasteiger partial charge >= 0.3 is 11.9 Å². The summed E-state index contributed by atoms with van der Waals surface area (Å²) in [6.45, 7) is 4.21. The monoisotopic (exact) mass is 1000 g/mol. The van der Waals surface area contributed by atoms with Crippen LogP contribution < -0.4 is 0 Å².